The second-order valence-electron chi connectivity index (χ2n) is 13.6. The zero-order chi connectivity index (χ0) is 34.3. The molecule has 0 saturated heterocycles. The lowest BCUT2D eigenvalue weighted by Crippen LogP contribution is -2.01. The predicted molar refractivity (Wildman–Crippen MR) is 211 cm³/mol. The van der Waals surface area contributed by atoms with E-state index in [9.17, 15) is 4.79 Å². The lowest BCUT2D eigenvalue weighted by Gasteiger charge is -2.12. The Labute approximate surface area is 300 Å². The molecule has 0 aromatic heterocycles. The van der Waals surface area contributed by atoms with E-state index in [1.807, 2.05) is 60.3 Å². The lowest BCUT2D eigenvalue weighted by molar-refractivity contribution is 0.104. The number of ether oxygens (including phenoxy) is 2. The Balaban J connectivity index is 1.81. The Hall–Kier alpha value is -2.20. The van der Waals surface area contributed by atoms with Gasteiger partial charge in [-0.05, 0) is 73.1 Å². The minimum atomic E-state index is 0.0118. The smallest absolute Gasteiger partial charge is 0.185 e. The number of allylic oxidation sites excluding steroid dienone is 1. The first-order valence-corrected chi connectivity index (χ1v) is 21.0. The third-order valence-corrected chi connectivity index (χ3v) is 10.2. The molecular formula is C44H70O3S. The molecule has 0 saturated carbocycles. The number of hydrogen-bond acceptors (Lipinski definition) is 4. The van der Waals surface area contributed by atoms with Crippen molar-refractivity contribution in [3.05, 3.63) is 59.7 Å². The molecule has 0 atom stereocenters. The van der Waals surface area contributed by atoms with Crippen LogP contribution < -0.4 is 9.47 Å². The molecule has 0 bridgehead atoms. The molecule has 0 N–H and O–H groups in total. The van der Waals surface area contributed by atoms with Gasteiger partial charge in [0.2, 0.25) is 0 Å². The van der Waals surface area contributed by atoms with Crippen LogP contribution >= 0.6 is 11.8 Å². The van der Waals surface area contributed by atoms with E-state index in [0.717, 1.165) is 42.1 Å². The maximum Gasteiger partial charge on any atom is 0.185 e. The van der Waals surface area contributed by atoms with E-state index < -0.39 is 0 Å². The third kappa shape index (κ3) is 21.7. The highest BCUT2D eigenvalue weighted by molar-refractivity contribution is 7.99. The first kappa shape index (κ1) is 42.0. The first-order valence-electron chi connectivity index (χ1n) is 20.0. The number of hydrogen-bond donors (Lipinski definition) is 0. The second kappa shape index (κ2) is 29.7. The quantitative estimate of drug-likeness (QED) is 0.0334. The fourth-order valence-electron chi connectivity index (χ4n) is 5.97. The summed E-state index contributed by atoms with van der Waals surface area (Å²) in [7, 11) is 0. The Morgan fingerprint density at radius 2 is 0.958 bits per heavy atom. The highest BCUT2D eigenvalue weighted by Crippen LogP contribution is 2.26. The van der Waals surface area contributed by atoms with Crippen LogP contribution in [0.5, 0.6) is 11.5 Å². The average Bonchev–Trinajstić information content (AvgIpc) is 3.11. The second-order valence-corrected chi connectivity index (χ2v) is 14.7. The van der Waals surface area contributed by atoms with Gasteiger partial charge in [-0.15, -0.1) is 11.8 Å². The molecule has 0 fully saturated rings. The van der Waals surface area contributed by atoms with Gasteiger partial charge >= 0.3 is 0 Å². The average molecular weight is 679 g/mol. The van der Waals surface area contributed by atoms with Crippen LogP contribution in [-0.2, 0) is 0 Å². The van der Waals surface area contributed by atoms with Crippen molar-refractivity contribution in [2.45, 2.75) is 173 Å². The van der Waals surface area contributed by atoms with Crippen LogP contribution in [0.3, 0.4) is 0 Å². The molecule has 3 nitrogen and oxygen atoms in total. The van der Waals surface area contributed by atoms with Gasteiger partial charge in [-0.25, -0.2) is 0 Å². The number of carbonyl (C=O) groups is 1. The minimum Gasteiger partial charge on any atom is -0.493 e. The lowest BCUT2D eigenvalue weighted by atomic mass is 10.1. The van der Waals surface area contributed by atoms with E-state index >= 15 is 0 Å². The Bertz CT molecular complexity index is 1030. The summed E-state index contributed by atoms with van der Waals surface area (Å²) in [5.41, 5.74) is 1.65. The number of benzene rings is 2. The summed E-state index contributed by atoms with van der Waals surface area (Å²) in [6.07, 6.45) is 33.8. The van der Waals surface area contributed by atoms with Crippen LogP contribution in [0.4, 0.5) is 0 Å². The van der Waals surface area contributed by atoms with Gasteiger partial charge in [0.1, 0.15) is 11.5 Å². The predicted octanol–water partition coefficient (Wildman–Crippen LogP) is 14.5. The standard InChI is InChI=1S/C44H70O3S/c1-4-7-9-11-13-15-17-19-21-23-25-33-46-41-36-39(27-32-44(45)40-28-30-43(31-29-40)48-35-6-3)37-42(38-41)47-34-26-24-22-20-18-16-14-12-10-8-5-2/h27-32,36-38H,4-26,33-35H2,1-3H3/b32-27+. The summed E-state index contributed by atoms with van der Waals surface area (Å²) < 4.78 is 12.4. The van der Waals surface area contributed by atoms with E-state index in [1.54, 1.807) is 6.08 Å². The molecule has 0 heterocycles. The molecule has 0 spiro atoms. The summed E-state index contributed by atoms with van der Waals surface area (Å²) in [6.45, 7) is 8.17. The molecule has 0 aliphatic heterocycles. The minimum absolute atomic E-state index is 0.0118. The van der Waals surface area contributed by atoms with Crippen molar-refractivity contribution in [1.82, 2.24) is 0 Å². The van der Waals surface area contributed by atoms with Crippen LogP contribution in [0.25, 0.3) is 6.08 Å². The molecule has 270 valence electrons. The Kier molecular flexibility index (Phi) is 26.0. The van der Waals surface area contributed by atoms with E-state index in [0.29, 0.717) is 18.8 Å². The maximum absolute atomic E-state index is 13.0. The molecule has 48 heavy (non-hydrogen) atoms. The highest BCUT2D eigenvalue weighted by Gasteiger charge is 2.06. The van der Waals surface area contributed by atoms with Crippen LogP contribution in [0, 0.1) is 0 Å². The van der Waals surface area contributed by atoms with Gasteiger partial charge in [-0.1, -0.05) is 155 Å². The largest absolute Gasteiger partial charge is 0.493 e. The van der Waals surface area contributed by atoms with Crippen molar-refractivity contribution in [2.75, 3.05) is 19.0 Å². The zero-order valence-electron chi connectivity index (χ0n) is 31.2. The number of thioether (sulfide) groups is 1. The third-order valence-electron chi connectivity index (χ3n) is 8.97. The van der Waals surface area contributed by atoms with Gasteiger partial charge in [0, 0.05) is 16.5 Å². The van der Waals surface area contributed by atoms with E-state index in [-0.39, 0.29) is 5.78 Å². The monoisotopic (exact) mass is 679 g/mol. The summed E-state index contributed by atoms with van der Waals surface area (Å²) >= 11 is 1.83. The number of carbonyl (C=O) groups excluding carboxylic acids is 1. The number of ketones is 1. The Morgan fingerprint density at radius 3 is 1.38 bits per heavy atom. The Morgan fingerprint density at radius 1 is 0.542 bits per heavy atom. The highest BCUT2D eigenvalue weighted by atomic mass is 32.2. The van der Waals surface area contributed by atoms with E-state index in [2.05, 4.69) is 20.8 Å². The van der Waals surface area contributed by atoms with Gasteiger partial charge < -0.3 is 9.47 Å². The first-order chi connectivity index (χ1) is 23.7. The van der Waals surface area contributed by atoms with Crippen LogP contribution in [-0.4, -0.2) is 24.7 Å². The molecule has 4 heteroatoms. The summed E-state index contributed by atoms with van der Waals surface area (Å²) in [5.74, 6) is 2.75. The molecule has 0 aliphatic rings. The molecule has 0 amide bonds. The van der Waals surface area contributed by atoms with E-state index in [4.69, 9.17) is 9.47 Å². The van der Waals surface area contributed by atoms with Gasteiger partial charge in [0.25, 0.3) is 0 Å². The van der Waals surface area contributed by atoms with Crippen LogP contribution in [0.15, 0.2) is 53.4 Å². The molecular weight excluding hydrogens is 609 g/mol. The molecule has 2 rings (SSSR count). The van der Waals surface area contributed by atoms with Gasteiger partial charge in [-0.2, -0.15) is 0 Å². The summed E-state index contributed by atoms with van der Waals surface area (Å²) in [6, 6.07) is 14.0. The van der Waals surface area contributed by atoms with Crippen molar-refractivity contribution in [3.63, 3.8) is 0 Å². The van der Waals surface area contributed by atoms with Gasteiger partial charge in [0.05, 0.1) is 13.2 Å². The molecule has 0 aliphatic carbocycles. The van der Waals surface area contributed by atoms with Gasteiger partial charge in [0.15, 0.2) is 5.78 Å². The fourth-order valence-corrected chi connectivity index (χ4v) is 6.74. The normalized spacial score (nSPS) is 11.4. The maximum atomic E-state index is 13.0. The molecule has 2 aromatic rings. The van der Waals surface area contributed by atoms with Crippen LogP contribution in [0.1, 0.15) is 184 Å². The van der Waals surface area contributed by atoms with Crippen molar-refractivity contribution in [1.29, 1.82) is 0 Å². The molecule has 2 aromatic carbocycles. The fraction of sp³-hybridized carbons (Fsp3) is 0.659. The topological polar surface area (TPSA) is 35.5 Å². The SMILES string of the molecule is CCCCCCCCCCCCCOc1cc(/C=C/C(=O)c2ccc(SCCC)cc2)cc(OCCCCCCCCCCCCC)c1. The zero-order valence-corrected chi connectivity index (χ0v) is 32.0. The van der Waals surface area contributed by atoms with Crippen molar-refractivity contribution in [3.8, 4) is 11.5 Å². The van der Waals surface area contributed by atoms with E-state index in [1.165, 1.54) is 133 Å². The van der Waals surface area contributed by atoms with Crippen molar-refractivity contribution in [2.24, 2.45) is 0 Å². The summed E-state index contributed by atoms with van der Waals surface area (Å²) in [4.78, 5) is 14.2. The van der Waals surface area contributed by atoms with Crippen molar-refractivity contribution < 1.29 is 14.3 Å². The molecule has 0 unspecified atom stereocenters. The van der Waals surface area contributed by atoms with Crippen LogP contribution in [0.2, 0.25) is 0 Å². The van der Waals surface area contributed by atoms with Gasteiger partial charge in [-0.3, -0.25) is 4.79 Å². The van der Waals surface area contributed by atoms with Crippen molar-refractivity contribution >= 4 is 23.6 Å². The molecule has 0 radical (unpaired) electrons. The number of unbranched alkanes of at least 4 members (excludes halogenated alkanes) is 20. The summed E-state index contributed by atoms with van der Waals surface area (Å²) in [5, 5.41) is 0. The number of rotatable bonds is 32.